The van der Waals surface area contributed by atoms with E-state index in [2.05, 4.69) is 12.1 Å². The van der Waals surface area contributed by atoms with Crippen LogP contribution in [-0.4, -0.2) is 0 Å². The van der Waals surface area contributed by atoms with Crippen molar-refractivity contribution < 1.29 is 4.74 Å². The summed E-state index contributed by atoms with van der Waals surface area (Å²) in [4.78, 5) is 0. The van der Waals surface area contributed by atoms with Crippen molar-refractivity contribution in [3.63, 3.8) is 0 Å². The first-order valence-corrected chi connectivity index (χ1v) is 5.44. The standard InChI is InChI=1S/C15H10N2O/c16-9-12-4-6-15(7-5-12)18-11-14-3-1-2-13(8-14)10-17/h1-8H,11H2. The first-order valence-electron chi connectivity index (χ1n) is 5.44. The van der Waals surface area contributed by atoms with E-state index in [1.807, 2.05) is 12.1 Å². The predicted octanol–water partition coefficient (Wildman–Crippen LogP) is 3.01. The molecule has 0 aliphatic heterocycles. The molecular weight excluding hydrogens is 224 g/mol. The number of hydrogen-bond acceptors (Lipinski definition) is 3. The topological polar surface area (TPSA) is 56.8 Å². The van der Waals surface area contributed by atoms with Crippen molar-refractivity contribution in [3.8, 4) is 17.9 Å². The lowest BCUT2D eigenvalue weighted by Gasteiger charge is -2.06. The average Bonchev–Trinajstić information content (AvgIpc) is 2.46. The zero-order valence-electron chi connectivity index (χ0n) is 9.63. The highest BCUT2D eigenvalue weighted by molar-refractivity contribution is 5.35. The van der Waals surface area contributed by atoms with Crippen LogP contribution in [0.2, 0.25) is 0 Å². The van der Waals surface area contributed by atoms with Gasteiger partial charge in [-0.3, -0.25) is 0 Å². The van der Waals surface area contributed by atoms with Gasteiger partial charge < -0.3 is 4.74 Å². The van der Waals surface area contributed by atoms with Crippen LogP contribution in [0.25, 0.3) is 0 Å². The summed E-state index contributed by atoms with van der Waals surface area (Å²) in [5.74, 6) is 0.705. The summed E-state index contributed by atoms with van der Waals surface area (Å²) in [6.45, 7) is 0.404. The van der Waals surface area contributed by atoms with Crippen molar-refractivity contribution in [1.29, 1.82) is 10.5 Å². The maximum Gasteiger partial charge on any atom is 0.119 e. The van der Waals surface area contributed by atoms with Crippen LogP contribution >= 0.6 is 0 Å². The van der Waals surface area contributed by atoms with E-state index in [0.717, 1.165) is 5.56 Å². The van der Waals surface area contributed by atoms with Gasteiger partial charge in [-0.1, -0.05) is 12.1 Å². The summed E-state index contributed by atoms with van der Waals surface area (Å²) in [5.41, 5.74) is 2.17. The fourth-order valence-electron chi connectivity index (χ4n) is 1.52. The second kappa shape index (κ2) is 5.52. The van der Waals surface area contributed by atoms with Crippen LogP contribution in [0.3, 0.4) is 0 Å². The summed E-state index contributed by atoms with van der Waals surface area (Å²) in [7, 11) is 0. The summed E-state index contributed by atoms with van der Waals surface area (Å²) in [6.07, 6.45) is 0. The molecule has 0 unspecified atom stereocenters. The van der Waals surface area contributed by atoms with Gasteiger partial charge in [0.25, 0.3) is 0 Å². The second-order valence-electron chi connectivity index (χ2n) is 3.74. The molecule has 0 N–H and O–H groups in total. The third-order valence-electron chi connectivity index (χ3n) is 2.44. The summed E-state index contributed by atoms with van der Waals surface area (Å²) in [6, 6.07) is 18.4. The molecule has 0 saturated carbocycles. The molecule has 18 heavy (non-hydrogen) atoms. The van der Waals surface area contributed by atoms with Gasteiger partial charge in [0.05, 0.1) is 23.3 Å². The molecule has 86 valence electrons. The lowest BCUT2D eigenvalue weighted by atomic mass is 10.1. The molecule has 0 aliphatic carbocycles. The Hall–Kier alpha value is -2.78. The minimum Gasteiger partial charge on any atom is -0.489 e. The molecule has 2 rings (SSSR count). The Labute approximate surface area is 105 Å². The van der Waals surface area contributed by atoms with Crippen LogP contribution < -0.4 is 4.74 Å². The smallest absolute Gasteiger partial charge is 0.119 e. The maximum atomic E-state index is 8.78. The van der Waals surface area contributed by atoms with Gasteiger partial charge >= 0.3 is 0 Å². The van der Waals surface area contributed by atoms with Gasteiger partial charge in [-0.2, -0.15) is 10.5 Å². The first kappa shape index (κ1) is 11.7. The van der Waals surface area contributed by atoms with E-state index in [0.29, 0.717) is 23.5 Å². The van der Waals surface area contributed by atoms with Gasteiger partial charge in [0.2, 0.25) is 0 Å². The number of rotatable bonds is 3. The van der Waals surface area contributed by atoms with Gasteiger partial charge in [-0.15, -0.1) is 0 Å². The molecular formula is C15H10N2O. The number of benzene rings is 2. The minimum atomic E-state index is 0.404. The van der Waals surface area contributed by atoms with Gasteiger partial charge in [0, 0.05) is 0 Å². The number of ether oxygens (including phenoxy) is 1. The van der Waals surface area contributed by atoms with E-state index in [1.54, 1.807) is 36.4 Å². The van der Waals surface area contributed by atoms with E-state index in [4.69, 9.17) is 15.3 Å². The molecule has 0 fully saturated rings. The first-order chi connectivity index (χ1) is 8.81. The molecule has 2 aromatic carbocycles. The van der Waals surface area contributed by atoms with Crippen LogP contribution in [0.4, 0.5) is 0 Å². The third-order valence-corrected chi connectivity index (χ3v) is 2.44. The number of nitrogens with zero attached hydrogens (tertiary/aromatic N) is 2. The third kappa shape index (κ3) is 2.87. The Morgan fingerprint density at radius 3 is 2.28 bits per heavy atom. The quantitative estimate of drug-likeness (QED) is 0.820. The Balaban J connectivity index is 2.02. The lowest BCUT2D eigenvalue weighted by Crippen LogP contribution is -1.95. The van der Waals surface area contributed by atoms with Crippen molar-refractivity contribution in [3.05, 3.63) is 65.2 Å². The fraction of sp³-hybridized carbons (Fsp3) is 0.0667. The van der Waals surface area contributed by atoms with Crippen LogP contribution in [0, 0.1) is 22.7 Å². The van der Waals surface area contributed by atoms with Crippen LogP contribution in [0.15, 0.2) is 48.5 Å². The average molecular weight is 234 g/mol. The molecule has 0 amide bonds. The molecule has 0 spiro atoms. The van der Waals surface area contributed by atoms with E-state index in [9.17, 15) is 0 Å². The Bertz CT molecular complexity index is 618. The lowest BCUT2D eigenvalue weighted by molar-refractivity contribution is 0.306. The maximum absolute atomic E-state index is 8.78. The van der Waals surface area contributed by atoms with Gasteiger partial charge in [-0.25, -0.2) is 0 Å². The van der Waals surface area contributed by atoms with Crippen molar-refractivity contribution in [2.45, 2.75) is 6.61 Å². The fourth-order valence-corrected chi connectivity index (χ4v) is 1.52. The molecule has 0 aromatic heterocycles. The van der Waals surface area contributed by atoms with Gasteiger partial charge in [-0.05, 0) is 42.0 Å². The van der Waals surface area contributed by atoms with Crippen LogP contribution in [0.1, 0.15) is 16.7 Å². The number of nitriles is 2. The van der Waals surface area contributed by atoms with Crippen molar-refractivity contribution >= 4 is 0 Å². The molecule has 3 heteroatoms. The Kier molecular flexibility index (Phi) is 3.59. The minimum absolute atomic E-state index is 0.404. The van der Waals surface area contributed by atoms with Crippen LogP contribution in [0.5, 0.6) is 5.75 Å². The monoisotopic (exact) mass is 234 g/mol. The molecule has 0 radical (unpaired) electrons. The van der Waals surface area contributed by atoms with E-state index in [-0.39, 0.29) is 0 Å². The molecule has 3 nitrogen and oxygen atoms in total. The molecule has 0 heterocycles. The second-order valence-corrected chi connectivity index (χ2v) is 3.74. The van der Waals surface area contributed by atoms with E-state index < -0.39 is 0 Å². The highest BCUT2D eigenvalue weighted by atomic mass is 16.5. The van der Waals surface area contributed by atoms with Gasteiger partial charge in [0.1, 0.15) is 12.4 Å². The van der Waals surface area contributed by atoms with Crippen molar-refractivity contribution in [2.24, 2.45) is 0 Å². The molecule has 0 atom stereocenters. The highest BCUT2D eigenvalue weighted by Crippen LogP contribution is 2.14. The van der Waals surface area contributed by atoms with Crippen molar-refractivity contribution in [1.82, 2.24) is 0 Å². The highest BCUT2D eigenvalue weighted by Gasteiger charge is 1.98. The summed E-state index contributed by atoms with van der Waals surface area (Å²) in [5, 5.41) is 17.5. The van der Waals surface area contributed by atoms with E-state index >= 15 is 0 Å². The van der Waals surface area contributed by atoms with Crippen LogP contribution in [-0.2, 0) is 6.61 Å². The summed E-state index contributed by atoms with van der Waals surface area (Å²) >= 11 is 0. The summed E-state index contributed by atoms with van der Waals surface area (Å²) < 4.78 is 5.57. The largest absolute Gasteiger partial charge is 0.489 e. The Morgan fingerprint density at radius 2 is 1.61 bits per heavy atom. The van der Waals surface area contributed by atoms with Gasteiger partial charge in [0.15, 0.2) is 0 Å². The van der Waals surface area contributed by atoms with E-state index in [1.165, 1.54) is 0 Å². The normalized spacial score (nSPS) is 9.22. The molecule has 2 aromatic rings. The molecule has 0 bridgehead atoms. The number of hydrogen-bond donors (Lipinski definition) is 0. The zero-order valence-corrected chi connectivity index (χ0v) is 9.63. The predicted molar refractivity (Wildman–Crippen MR) is 66.6 cm³/mol. The van der Waals surface area contributed by atoms with Crippen molar-refractivity contribution in [2.75, 3.05) is 0 Å². The molecule has 0 aliphatic rings. The Morgan fingerprint density at radius 1 is 0.889 bits per heavy atom. The molecule has 0 saturated heterocycles. The SMILES string of the molecule is N#Cc1ccc(OCc2cccc(C#N)c2)cc1. The zero-order chi connectivity index (χ0) is 12.8.